The first-order valence-corrected chi connectivity index (χ1v) is 14.8. The summed E-state index contributed by atoms with van der Waals surface area (Å²) >= 11 is 10.1. The molecule has 0 aliphatic carbocycles. The van der Waals surface area contributed by atoms with Crippen LogP contribution in [0.15, 0.2) is 66.7 Å². The maximum atomic E-state index is 12.7. The topological polar surface area (TPSA) is 131 Å². The number of nitrogens with zero attached hydrogens (tertiary/aromatic N) is 2. The van der Waals surface area contributed by atoms with E-state index in [0.29, 0.717) is 39.7 Å². The van der Waals surface area contributed by atoms with Crippen LogP contribution in [-0.2, 0) is 24.2 Å². The fourth-order valence-corrected chi connectivity index (χ4v) is 5.07. The van der Waals surface area contributed by atoms with Crippen LogP contribution in [0.25, 0.3) is 0 Å². The molecule has 3 aromatic carbocycles. The number of urea groups is 1. The minimum Gasteiger partial charge on any atom is -0.348 e. The van der Waals surface area contributed by atoms with Crippen molar-refractivity contribution < 1.29 is 23.1 Å². The molecule has 0 saturated heterocycles. The van der Waals surface area contributed by atoms with Crippen LogP contribution in [0.1, 0.15) is 38.3 Å². The summed E-state index contributed by atoms with van der Waals surface area (Å²) in [4.78, 5) is 38.3. The zero-order valence-corrected chi connectivity index (χ0v) is 25.7. The highest BCUT2D eigenvalue weighted by Crippen LogP contribution is 2.27. The number of benzene rings is 3. The van der Waals surface area contributed by atoms with Crippen molar-refractivity contribution in [2.24, 2.45) is 0 Å². The number of hydrogen-bond acceptors (Lipinski definition) is 4. The van der Waals surface area contributed by atoms with Gasteiger partial charge in [0.1, 0.15) is 0 Å². The van der Waals surface area contributed by atoms with Crippen molar-refractivity contribution in [1.82, 2.24) is 20.9 Å². The van der Waals surface area contributed by atoms with E-state index < -0.39 is 23.3 Å². The third-order valence-electron chi connectivity index (χ3n) is 6.41. The third-order valence-corrected chi connectivity index (χ3v) is 8.04. The SMILES string of the molecule is CNC(=O)NC(CCN(c1ccc(C(=O)NCc2ccc(C(=O)N(C)C)cc2)cc1)S(=O)O)Cc1cccc(Cl)c1Cl. The van der Waals surface area contributed by atoms with Gasteiger partial charge >= 0.3 is 6.03 Å². The van der Waals surface area contributed by atoms with Crippen LogP contribution < -0.4 is 20.3 Å². The summed E-state index contributed by atoms with van der Waals surface area (Å²) in [6.45, 7) is 0.383. The van der Waals surface area contributed by atoms with Gasteiger partial charge in [-0.3, -0.25) is 18.4 Å². The van der Waals surface area contributed by atoms with Crippen LogP contribution in [0.5, 0.6) is 0 Å². The largest absolute Gasteiger partial charge is 0.348 e. The summed E-state index contributed by atoms with van der Waals surface area (Å²) in [6, 6.07) is 17.7. The molecule has 0 aromatic heterocycles. The molecule has 42 heavy (non-hydrogen) atoms. The number of nitrogens with one attached hydrogen (secondary N) is 3. The Balaban J connectivity index is 1.64. The van der Waals surface area contributed by atoms with Crippen LogP contribution in [0, 0.1) is 0 Å². The number of hydrogen-bond donors (Lipinski definition) is 4. The molecule has 0 saturated carbocycles. The lowest BCUT2D eigenvalue weighted by atomic mass is 10.0. The Hall–Kier alpha value is -3.64. The number of carbonyl (C=O) groups excluding carboxylic acids is 3. The van der Waals surface area contributed by atoms with Gasteiger partial charge < -0.3 is 20.9 Å². The average Bonchev–Trinajstić information content (AvgIpc) is 2.98. The summed E-state index contributed by atoms with van der Waals surface area (Å²) < 4.78 is 23.5. The molecule has 224 valence electrons. The lowest BCUT2D eigenvalue weighted by molar-refractivity contribution is 0.0827. The Morgan fingerprint density at radius 2 is 1.60 bits per heavy atom. The Kier molecular flexibility index (Phi) is 12.2. The molecule has 0 heterocycles. The van der Waals surface area contributed by atoms with E-state index in [1.165, 1.54) is 16.3 Å². The van der Waals surface area contributed by atoms with Crippen molar-refractivity contribution >= 4 is 58.0 Å². The fourth-order valence-electron chi connectivity index (χ4n) is 4.11. The molecule has 3 aromatic rings. The van der Waals surface area contributed by atoms with Crippen molar-refractivity contribution in [1.29, 1.82) is 0 Å². The summed E-state index contributed by atoms with van der Waals surface area (Å²) in [5.41, 5.74) is 2.91. The van der Waals surface area contributed by atoms with Gasteiger partial charge in [0.05, 0.1) is 15.7 Å². The molecule has 0 fully saturated rings. The van der Waals surface area contributed by atoms with Crippen LogP contribution in [0.4, 0.5) is 10.5 Å². The Morgan fingerprint density at radius 1 is 0.952 bits per heavy atom. The summed E-state index contributed by atoms with van der Waals surface area (Å²) in [5.74, 6) is -0.424. The fraction of sp³-hybridized carbons (Fsp3) is 0.276. The van der Waals surface area contributed by atoms with Gasteiger partial charge in [-0.05, 0) is 66.4 Å². The lowest BCUT2D eigenvalue weighted by Gasteiger charge is -2.25. The molecular formula is C29H33Cl2N5O5S. The van der Waals surface area contributed by atoms with Crippen LogP contribution in [0.2, 0.25) is 10.0 Å². The standard InChI is InChI=1S/C29H33Cl2N5O5S/c1-32-29(39)34-23(17-22-5-4-6-25(30)26(22)31)15-16-36(42(40)41)24-13-11-20(12-14-24)27(37)33-18-19-7-9-21(10-8-19)28(38)35(2)3/h4-14,23H,15-18H2,1-3H3,(H,33,37)(H,40,41)(H2,32,34,39). The van der Waals surface area contributed by atoms with Gasteiger partial charge in [-0.25, -0.2) is 9.00 Å². The molecular weight excluding hydrogens is 601 g/mol. The van der Waals surface area contributed by atoms with Gasteiger partial charge in [0.25, 0.3) is 23.1 Å². The molecule has 0 aliphatic rings. The second kappa shape index (κ2) is 15.5. The molecule has 0 spiro atoms. The number of carbonyl (C=O) groups is 3. The molecule has 13 heteroatoms. The number of rotatable bonds is 12. The van der Waals surface area contributed by atoms with Gasteiger partial charge in [-0.15, -0.1) is 0 Å². The maximum absolute atomic E-state index is 12.7. The van der Waals surface area contributed by atoms with E-state index in [4.69, 9.17) is 23.2 Å². The molecule has 4 N–H and O–H groups in total. The molecule has 0 aliphatic heterocycles. The highest BCUT2D eigenvalue weighted by molar-refractivity contribution is 7.80. The monoisotopic (exact) mass is 633 g/mol. The van der Waals surface area contributed by atoms with Gasteiger partial charge in [0, 0.05) is 51.4 Å². The van der Waals surface area contributed by atoms with Crippen molar-refractivity contribution in [3.63, 3.8) is 0 Å². The second-order valence-electron chi connectivity index (χ2n) is 9.59. The van der Waals surface area contributed by atoms with Crippen LogP contribution >= 0.6 is 23.2 Å². The molecule has 10 nitrogen and oxygen atoms in total. The number of anilines is 1. The molecule has 3 rings (SSSR count). The zero-order chi connectivity index (χ0) is 30.8. The number of halogens is 2. The molecule has 4 amide bonds. The van der Waals surface area contributed by atoms with E-state index in [-0.39, 0.29) is 24.9 Å². The van der Waals surface area contributed by atoms with Crippen molar-refractivity contribution in [2.45, 2.75) is 25.4 Å². The smallest absolute Gasteiger partial charge is 0.314 e. The molecule has 2 atom stereocenters. The average molecular weight is 635 g/mol. The van der Waals surface area contributed by atoms with Crippen molar-refractivity contribution in [3.8, 4) is 0 Å². The van der Waals surface area contributed by atoms with E-state index >= 15 is 0 Å². The Bertz CT molecular complexity index is 1420. The van der Waals surface area contributed by atoms with Crippen molar-refractivity contribution in [3.05, 3.63) is 99.0 Å². The second-order valence-corrected chi connectivity index (χ2v) is 11.3. The molecule has 0 radical (unpaired) electrons. The molecule has 2 unspecified atom stereocenters. The summed E-state index contributed by atoms with van der Waals surface area (Å²) in [5, 5.41) is 8.96. The van der Waals surface area contributed by atoms with Gasteiger partial charge in [-0.2, -0.15) is 0 Å². The van der Waals surface area contributed by atoms with Crippen molar-refractivity contribution in [2.75, 3.05) is 32.0 Å². The third kappa shape index (κ3) is 9.18. The quantitative estimate of drug-likeness (QED) is 0.218. The number of amides is 4. The first kappa shape index (κ1) is 32.9. The predicted molar refractivity (Wildman–Crippen MR) is 166 cm³/mol. The van der Waals surface area contributed by atoms with Gasteiger partial charge in [0.15, 0.2) is 0 Å². The van der Waals surface area contributed by atoms with Gasteiger partial charge in [0.2, 0.25) is 0 Å². The van der Waals surface area contributed by atoms with Crippen LogP contribution in [0.3, 0.4) is 0 Å². The Labute approximate surface area is 257 Å². The normalized spacial score (nSPS) is 12.1. The summed E-state index contributed by atoms with van der Waals surface area (Å²) in [7, 11) is 4.86. The van der Waals surface area contributed by atoms with Crippen LogP contribution in [-0.4, -0.2) is 65.2 Å². The van der Waals surface area contributed by atoms with Gasteiger partial charge in [-0.1, -0.05) is 47.5 Å². The summed E-state index contributed by atoms with van der Waals surface area (Å²) in [6.07, 6.45) is 0.663. The highest BCUT2D eigenvalue weighted by Gasteiger charge is 2.20. The van der Waals surface area contributed by atoms with E-state index in [9.17, 15) is 23.1 Å². The lowest BCUT2D eigenvalue weighted by Crippen LogP contribution is -2.43. The minimum absolute atomic E-state index is 0.104. The first-order valence-electron chi connectivity index (χ1n) is 13.0. The maximum Gasteiger partial charge on any atom is 0.314 e. The highest BCUT2D eigenvalue weighted by atomic mass is 35.5. The predicted octanol–water partition coefficient (Wildman–Crippen LogP) is 4.50. The van der Waals surface area contributed by atoms with E-state index in [0.717, 1.165) is 11.1 Å². The Morgan fingerprint density at radius 3 is 2.19 bits per heavy atom. The zero-order valence-electron chi connectivity index (χ0n) is 23.4. The minimum atomic E-state index is -2.36. The first-order chi connectivity index (χ1) is 20.0. The van der Waals surface area contributed by atoms with E-state index in [1.807, 2.05) is 0 Å². The molecule has 0 bridgehead atoms. The van der Waals surface area contributed by atoms with E-state index in [1.54, 1.807) is 80.8 Å². The van der Waals surface area contributed by atoms with E-state index in [2.05, 4.69) is 16.0 Å².